The summed E-state index contributed by atoms with van der Waals surface area (Å²) in [5, 5.41) is 0. The summed E-state index contributed by atoms with van der Waals surface area (Å²) >= 11 is 0. The van der Waals surface area contributed by atoms with Crippen molar-refractivity contribution in [1.82, 2.24) is 4.98 Å². The summed E-state index contributed by atoms with van der Waals surface area (Å²) in [7, 11) is -0.380. The van der Waals surface area contributed by atoms with Gasteiger partial charge in [0, 0.05) is 11.7 Å². The van der Waals surface area contributed by atoms with Crippen LogP contribution in [0.3, 0.4) is 0 Å². The van der Waals surface area contributed by atoms with Gasteiger partial charge in [0.15, 0.2) is 0 Å². The van der Waals surface area contributed by atoms with Crippen molar-refractivity contribution in [3.63, 3.8) is 0 Å². The predicted octanol–water partition coefficient (Wildman–Crippen LogP) is 2.56. The number of aromatic nitrogens is 1. The first-order valence-corrected chi connectivity index (χ1v) is 7.81. The van der Waals surface area contributed by atoms with E-state index in [1.54, 1.807) is 12.4 Å². The zero-order chi connectivity index (χ0) is 15.1. The van der Waals surface area contributed by atoms with Crippen LogP contribution in [-0.4, -0.2) is 29.9 Å². The van der Waals surface area contributed by atoms with Crippen molar-refractivity contribution < 1.29 is 14.0 Å². The van der Waals surface area contributed by atoms with E-state index in [4.69, 9.17) is 14.0 Å². The van der Waals surface area contributed by atoms with Gasteiger partial charge in [0.2, 0.25) is 0 Å². The van der Waals surface area contributed by atoms with Gasteiger partial charge in [-0.1, -0.05) is 12.8 Å². The van der Waals surface area contributed by atoms with E-state index in [9.17, 15) is 0 Å². The van der Waals surface area contributed by atoms with E-state index in [2.05, 4.69) is 32.7 Å². The van der Waals surface area contributed by atoms with Crippen LogP contribution in [0.2, 0.25) is 0 Å². The molecule has 1 aliphatic heterocycles. The van der Waals surface area contributed by atoms with E-state index in [1.807, 2.05) is 6.07 Å². The second-order valence-corrected chi connectivity index (χ2v) is 7.12. The average molecular weight is 289 g/mol. The predicted molar refractivity (Wildman–Crippen MR) is 82.8 cm³/mol. The van der Waals surface area contributed by atoms with E-state index in [1.165, 1.54) is 12.8 Å². The minimum Gasteiger partial charge on any atom is -0.492 e. The first-order valence-electron chi connectivity index (χ1n) is 7.81. The third kappa shape index (κ3) is 3.24. The molecule has 1 aromatic heterocycles. The molecule has 1 saturated carbocycles. The van der Waals surface area contributed by atoms with Gasteiger partial charge in [-0.25, -0.2) is 0 Å². The van der Waals surface area contributed by atoms with Crippen LogP contribution in [0, 0.1) is 5.92 Å². The minimum atomic E-state index is -0.380. The number of ether oxygens (including phenoxy) is 1. The van der Waals surface area contributed by atoms with Crippen molar-refractivity contribution in [1.29, 1.82) is 0 Å². The van der Waals surface area contributed by atoms with Gasteiger partial charge < -0.3 is 14.0 Å². The Hall–Kier alpha value is -1.07. The molecule has 2 fully saturated rings. The van der Waals surface area contributed by atoms with Crippen LogP contribution in [0.4, 0.5) is 0 Å². The van der Waals surface area contributed by atoms with Gasteiger partial charge >= 0.3 is 7.12 Å². The summed E-state index contributed by atoms with van der Waals surface area (Å²) in [6.07, 6.45) is 7.39. The lowest BCUT2D eigenvalue weighted by Gasteiger charge is -2.32. The summed E-state index contributed by atoms with van der Waals surface area (Å²) in [5.41, 5.74) is 0.249. The van der Waals surface area contributed by atoms with Crippen LogP contribution in [0.25, 0.3) is 0 Å². The smallest absolute Gasteiger partial charge is 0.492 e. The minimum absolute atomic E-state index is 0.333. The summed E-state index contributed by atoms with van der Waals surface area (Å²) < 4.78 is 17.9. The first-order chi connectivity index (χ1) is 9.87. The Balaban J connectivity index is 1.65. The van der Waals surface area contributed by atoms with E-state index < -0.39 is 0 Å². The maximum absolute atomic E-state index is 6.04. The molecule has 1 saturated heterocycles. The van der Waals surface area contributed by atoms with Crippen LogP contribution < -0.4 is 10.2 Å². The Morgan fingerprint density at radius 2 is 1.86 bits per heavy atom. The first kappa shape index (κ1) is 14.9. The molecule has 21 heavy (non-hydrogen) atoms. The molecule has 0 unspecified atom stereocenters. The normalized spacial score (nSPS) is 23.3. The van der Waals surface area contributed by atoms with Gasteiger partial charge in [0.05, 0.1) is 24.0 Å². The van der Waals surface area contributed by atoms with Crippen molar-refractivity contribution in [3.05, 3.63) is 18.5 Å². The Bertz CT molecular complexity index is 498. The van der Waals surface area contributed by atoms with Gasteiger partial charge in [-0.05, 0) is 46.1 Å². The lowest BCUT2D eigenvalue weighted by molar-refractivity contribution is 0.00578. The van der Waals surface area contributed by atoms with Gasteiger partial charge in [0.25, 0.3) is 0 Å². The fraction of sp³-hybridized carbons (Fsp3) is 0.688. The molecule has 2 heterocycles. The van der Waals surface area contributed by atoms with Crippen molar-refractivity contribution in [2.75, 3.05) is 6.61 Å². The number of rotatable bonds is 5. The maximum atomic E-state index is 6.04. The number of pyridine rings is 1. The second kappa shape index (κ2) is 5.29. The average Bonchev–Trinajstić information content (AvgIpc) is 3.18. The molecular formula is C16H24BNO3. The highest BCUT2D eigenvalue weighted by atomic mass is 16.7. The molecule has 4 nitrogen and oxygen atoms in total. The molecule has 0 N–H and O–H groups in total. The lowest BCUT2D eigenvalue weighted by Crippen LogP contribution is -2.41. The third-order valence-electron chi connectivity index (χ3n) is 4.75. The molecule has 2 aliphatic rings. The fourth-order valence-corrected chi connectivity index (χ4v) is 2.37. The van der Waals surface area contributed by atoms with E-state index in [-0.39, 0.29) is 18.3 Å². The Morgan fingerprint density at radius 1 is 1.19 bits per heavy atom. The molecule has 3 rings (SSSR count). The Labute approximate surface area is 127 Å². The molecule has 5 heteroatoms. The maximum Gasteiger partial charge on any atom is 0.496 e. The summed E-state index contributed by atoms with van der Waals surface area (Å²) in [6, 6.07) is 1.97. The van der Waals surface area contributed by atoms with Gasteiger partial charge in [0.1, 0.15) is 5.75 Å². The number of hydrogen-bond acceptors (Lipinski definition) is 4. The number of nitrogens with zero attached hydrogens (tertiary/aromatic N) is 1. The summed E-state index contributed by atoms with van der Waals surface area (Å²) in [5.74, 6) is 1.67. The molecule has 0 radical (unpaired) electrons. The highest BCUT2D eigenvalue weighted by Crippen LogP contribution is 2.36. The molecule has 0 bridgehead atoms. The van der Waals surface area contributed by atoms with Gasteiger partial charge in [-0.2, -0.15) is 0 Å². The van der Waals surface area contributed by atoms with E-state index in [0.717, 1.165) is 30.2 Å². The SMILES string of the molecule is CC1(C)OB(c2cncc(OCCC3CC3)c2)OC1(C)C. The van der Waals surface area contributed by atoms with Crippen LogP contribution >= 0.6 is 0 Å². The lowest BCUT2D eigenvalue weighted by atomic mass is 9.80. The van der Waals surface area contributed by atoms with Crippen LogP contribution in [0.1, 0.15) is 47.0 Å². The van der Waals surface area contributed by atoms with E-state index >= 15 is 0 Å². The topological polar surface area (TPSA) is 40.6 Å². The summed E-state index contributed by atoms with van der Waals surface area (Å²) in [6.45, 7) is 8.97. The third-order valence-corrected chi connectivity index (χ3v) is 4.75. The molecule has 1 aliphatic carbocycles. The van der Waals surface area contributed by atoms with Crippen LogP contribution in [0.5, 0.6) is 5.75 Å². The van der Waals surface area contributed by atoms with Crippen molar-refractivity contribution in [3.8, 4) is 5.75 Å². The largest absolute Gasteiger partial charge is 0.496 e. The molecular weight excluding hydrogens is 265 g/mol. The number of hydrogen-bond donors (Lipinski definition) is 0. The highest BCUT2D eigenvalue weighted by Gasteiger charge is 2.51. The van der Waals surface area contributed by atoms with Gasteiger partial charge in [-0.3, -0.25) is 4.98 Å². The zero-order valence-electron chi connectivity index (χ0n) is 13.4. The van der Waals surface area contributed by atoms with Crippen molar-refractivity contribution in [2.45, 2.75) is 58.2 Å². The standard InChI is InChI=1S/C16H24BNO3/c1-15(2)16(3,4)21-17(20-15)13-9-14(11-18-10-13)19-8-7-12-5-6-12/h9-12H,5-8H2,1-4H3. The monoisotopic (exact) mass is 289 g/mol. The molecule has 1 aromatic rings. The molecule has 0 amide bonds. The van der Waals surface area contributed by atoms with Crippen LogP contribution in [-0.2, 0) is 9.31 Å². The molecule has 0 spiro atoms. The van der Waals surface area contributed by atoms with Crippen molar-refractivity contribution in [2.24, 2.45) is 5.92 Å². The zero-order valence-corrected chi connectivity index (χ0v) is 13.4. The fourth-order valence-electron chi connectivity index (χ4n) is 2.37. The van der Waals surface area contributed by atoms with E-state index in [0.29, 0.717) is 0 Å². The summed E-state index contributed by atoms with van der Waals surface area (Å²) in [4.78, 5) is 4.25. The van der Waals surface area contributed by atoms with Crippen molar-refractivity contribution >= 4 is 12.6 Å². The van der Waals surface area contributed by atoms with Gasteiger partial charge in [-0.15, -0.1) is 0 Å². The molecule has 0 atom stereocenters. The quantitative estimate of drug-likeness (QED) is 0.781. The second-order valence-electron chi connectivity index (χ2n) is 7.12. The molecule has 114 valence electrons. The highest BCUT2D eigenvalue weighted by molar-refractivity contribution is 6.62. The Morgan fingerprint density at radius 3 is 2.48 bits per heavy atom. The van der Waals surface area contributed by atoms with Crippen LogP contribution in [0.15, 0.2) is 18.5 Å². The Kier molecular flexibility index (Phi) is 3.74. The molecule has 0 aromatic carbocycles.